The largest absolute Gasteiger partial charge is 0.338 e. The Morgan fingerprint density at radius 1 is 1.20 bits per heavy atom. The fourth-order valence-electron chi connectivity index (χ4n) is 3.39. The molecule has 4 rings (SSSR count). The lowest BCUT2D eigenvalue weighted by Gasteiger charge is -2.23. The first-order chi connectivity index (χ1) is 9.81. The first-order valence-electron chi connectivity index (χ1n) is 7.12. The van der Waals surface area contributed by atoms with Gasteiger partial charge in [-0.05, 0) is 49.5 Å². The number of nitrogens with one attached hydrogen (secondary N) is 2. The number of H-pyrrole nitrogens is 1. The highest BCUT2D eigenvalue weighted by atomic mass is 16.2. The van der Waals surface area contributed by atoms with E-state index < -0.39 is 0 Å². The maximum atomic E-state index is 12.6. The molecule has 2 aliphatic rings. The van der Waals surface area contributed by atoms with Crippen LogP contribution in [-0.4, -0.2) is 52.4 Å². The lowest BCUT2D eigenvalue weighted by Crippen LogP contribution is -2.35. The van der Waals surface area contributed by atoms with Crippen molar-refractivity contribution in [3.8, 4) is 0 Å². The highest BCUT2D eigenvalue weighted by Crippen LogP contribution is 2.29. The number of carbonyl (C=O) groups is 1. The van der Waals surface area contributed by atoms with Gasteiger partial charge in [0.05, 0.1) is 0 Å². The maximum Gasteiger partial charge on any atom is 0.253 e. The van der Waals surface area contributed by atoms with Gasteiger partial charge >= 0.3 is 0 Å². The van der Waals surface area contributed by atoms with Crippen molar-refractivity contribution in [1.29, 1.82) is 0 Å². The Morgan fingerprint density at radius 3 is 2.95 bits per heavy atom. The predicted octanol–water partition coefficient (Wildman–Crippen LogP) is 0.639. The minimum Gasteiger partial charge on any atom is -0.338 e. The van der Waals surface area contributed by atoms with Gasteiger partial charge in [-0.1, -0.05) is 0 Å². The summed E-state index contributed by atoms with van der Waals surface area (Å²) in [7, 11) is 0. The SMILES string of the molecule is O=C(c1ccc2n[nH]nc2c1)N1CC2CCNCC2C1. The highest BCUT2D eigenvalue weighted by molar-refractivity contribution is 5.97. The summed E-state index contributed by atoms with van der Waals surface area (Å²) in [6.07, 6.45) is 1.18. The number of carbonyl (C=O) groups excluding carboxylic acids is 1. The highest BCUT2D eigenvalue weighted by Gasteiger charge is 2.36. The van der Waals surface area contributed by atoms with Crippen LogP contribution in [0.15, 0.2) is 18.2 Å². The van der Waals surface area contributed by atoms with Crippen LogP contribution in [0.4, 0.5) is 0 Å². The Morgan fingerprint density at radius 2 is 2.05 bits per heavy atom. The third-order valence-corrected chi connectivity index (χ3v) is 4.53. The Bertz CT molecular complexity index is 638. The number of likely N-dealkylation sites (tertiary alicyclic amines) is 1. The predicted molar refractivity (Wildman–Crippen MR) is 74.3 cm³/mol. The molecule has 1 amide bonds. The van der Waals surface area contributed by atoms with Gasteiger partial charge in [0, 0.05) is 18.7 Å². The van der Waals surface area contributed by atoms with Crippen LogP contribution in [-0.2, 0) is 0 Å². The van der Waals surface area contributed by atoms with Crippen LogP contribution >= 0.6 is 0 Å². The van der Waals surface area contributed by atoms with Gasteiger partial charge in [0.25, 0.3) is 5.91 Å². The molecular formula is C14H17N5O. The Hall–Kier alpha value is -1.95. The molecule has 0 spiro atoms. The van der Waals surface area contributed by atoms with Crippen molar-refractivity contribution in [1.82, 2.24) is 25.6 Å². The van der Waals surface area contributed by atoms with Crippen molar-refractivity contribution < 1.29 is 4.79 Å². The van der Waals surface area contributed by atoms with E-state index in [1.54, 1.807) is 0 Å². The van der Waals surface area contributed by atoms with Crippen molar-refractivity contribution in [3.05, 3.63) is 23.8 Å². The summed E-state index contributed by atoms with van der Waals surface area (Å²) in [5.74, 6) is 1.39. The maximum absolute atomic E-state index is 12.6. The number of amides is 1. The molecule has 0 radical (unpaired) electrons. The Kier molecular flexibility index (Phi) is 2.70. The molecule has 6 heteroatoms. The zero-order valence-corrected chi connectivity index (χ0v) is 11.2. The molecule has 0 aliphatic carbocycles. The minimum atomic E-state index is 0.115. The van der Waals surface area contributed by atoms with E-state index in [4.69, 9.17) is 0 Å². The number of hydrogen-bond donors (Lipinski definition) is 2. The molecular weight excluding hydrogens is 254 g/mol. The van der Waals surface area contributed by atoms with Gasteiger partial charge in [0.1, 0.15) is 11.0 Å². The van der Waals surface area contributed by atoms with E-state index in [9.17, 15) is 4.79 Å². The second kappa shape index (κ2) is 4.56. The molecule has 1 aromatic heterocycles. The second-order valence-corrected chi connectivity index (χ2v) is 5.75. The van der Waals surface area contributed by atoms with Crippen LogP contribution in [0.3, 0.4) is 0 Å². The van der Waals surface area contributed by atoms with Gasteiger partial charge in [-0.25, -0.2) is 0 Å². The van der Waals surface area contributed by atoms with Crippen molar-refractivity contribution in [3.63, 3.8) is 0 Å². The van der Waals surface area contributed by atoms with E-state index >= 15 is 0 Å². The second-order valence-electron chi connectivity index (χ2n) is 5.75. The average Bonchev–Trinajstić information content (AvgIpc) is 3.11. The molecule has 2 aliphatic heterocycles. The molecule has 2 aromatic rings. The molecule has 2 unspecified atom stereocenters. The fourth-order valence-corrected chi connectivity index (χ4v) is 3.39. The number of nitrogens with zero attached hydrogens (tertiary/aromatic N) is 3. The monoisotopic (exact) mass is 271 g/mol. The standard InChI is InChI=1S/C14H17N5O/c20-14(9-1-2-12-13(5-9)17-18-16-12)19-7-10-3-4-15-6-11(10)8-19/h1-2,5,10-11,15H,3-4,6-8H2,(H,16,17,18). The number of benzene rings is 1. The number of fused-ring (bicyclic) bond motifs is 2. The molecule has 20 heavy (non-hydrogen) atoms. The molecule has 0 saturated carbocycles. The molecule has 0 bridgehead atoms. The van der Waals surface area contributed by atoms with E-state index in [1.165, 1.54) is 6.42 Å². The lowest BCUT2D eigenvalue weighted by molar-refractivity contribution is 0.0784. The van der Waals surface area contributed by atoms with E-state index in [2.05, 4.69) is 20.7 Å². The van der Waals surface area contributed by atoms with E-state index in [-0.39, 0.29) is 5.91 Å². The van der Waals surface area contributed by atoms with Crippen LogP contribution in [0.5, 0.6) is 0 Å². The first-order valence-corrected chi connectivity index (χ1v) is 7.12. The Balaban J connectivity index is 1.57. The van der Waals surface area contributed by atoms with E-state index in [0.717, 1.165) is 37.2 Å². The van der Waals surface area contributed by atoms with Crippen molar-refractivity contribution in [2.45, 2.75) is 6.42 Å². The molecule has 2 saturated heterocycles. The zero-order chi connectivity index (χ0) is 13.5. The molecule has 1 aromatic carbocycles. The van der Waals surface area contributed by atoms with Crippen LogP contribution < -0.4 is 5.32 Å². The summed E-state index contributed by atoms with van der Waals surface area (Å²) in [6, 6.07) is 5.51. The number of hydrogen-bond acceptors (Lipinski definition) is 4. The summed E-state index contributed by atoms with van der Waals surface area (Å²) >= 11 is 0. The van der Waals surface area contributed by atoms with Crippen molar-refractivity contribution >= 4 is 16.9 Å². The molecule has 104 valence electrons. The van der Waals surface area contributed by atoms with Gasteiger partial charge in [0.2, 0.25) is 0 Å². The van der Waals surface area contributed by atoms with Crippen molar-refractivity contribution in [2.75, 3.05) is 26.2 Å². The van der Waals surface area contributed by atoms with Gasteiger partial charge in [0.15, 0.2) is 0 Å². The summed E-state index contributed by atoms with van der Waals surface area (Å²) in [5.41, 5.74) is 2.24. The summed E-state index contributed by atoms with van der Waals surface area (Å²) in [5, 5.41) is 14.0. The van der Waals surface area contributed by atoms with Crippen LogP contribution in [0, 0.1) is 11.8 Å². The fraction of sp³-hybridized carbons (Fsp3) is 0.500. The number of aromatic nitrogens is 3. The van der Waals surface area contributed by atoms with E-state index in [1.807, 2.05) is 23.1 Å². The summed E-state index contributed by atoms with van der Waals surface area (Å²) in [6.45, 7) is 3.88. The van der Waals surface area contributed by atoms with Crippen LogP contribution in [0.25, 0.3) is 11.0 Å². The van der Waals surface area contributed by atoms with Gasteiger partial charge < -0.3 is 10.2 Å². The Labute approximate surface area is 116 Å². The quantitative estimate of drug-likeness (QED) is 0.798. The summed E-state index contributed by atoms with van der Waals surface area (Å²) in [4.78, 5) is 14.6. The van der Waals surface area contributed by atoms with Crippen LogP contribution in [0.1, 0.15) is 16.8 Å². The molecule has 2 fully saturated rings. The minimum absolute atomic E-state index is 0.115. The number of aromatic amines is 1. The third-order valence-electron chi connectivity index (χ3n) is 4.53. The molecule has 6 nitrogen and oxygen atoms in total. The van der Waals surface area contributed by atoms with Gasteiger partial charge in [-0.3, -0.25) is 4.79 Å². The average molecular weight is 271 g/mol. The molecule has 2 N–H and O–H groups in total. The lowest BCUT2D eigenvalue weighted by atomic mass is 9.90. The number of piperidine rings is 1. The van der Waals surface area contributed by atoms with E-state index in [0.29, 0.717) is 17.4 Å². The van der Waals surface area contributed by atoms with Crippen molar-refractivity contribution in [2.24, 2.45) is 11.8 Å². The number of rotatable bonds is 1. The first kappa shape index (κ1) is 11.8. The zero-order valence-electron chi connectivity index (χ0n) is 11.2. The smallest absolute Gasteiger partial charge is 0.253 e. The third kappa shape index (κ3) is 1.87. The molecule has 3 heterocycles. The van der Waals surface area contributed by atoms with Gasteiger partial charge in [-0.15, -0.1) is 0 Å². The normalized spacial score (nSPS) is 25.9. The van der Waals surface area contributed by atoms with Crippen LogP contribution in [0.2, 0.25) is 0 Å². The molecule has 2 atom stereocenters. The topological polar surface area (TPSA) is 73.9 Å². The summed E-state index contributed by atoms with van der Waals surface area (Å²) < 4.78 is 0. The van der Waals surface area contributed by atoms with Gasteiger partial charge in [-0.2, -0.15) is 15.4 Å².